The van der Waals surface area contributed by atoms with E-state index < -0.39 is 44.0 Å². The number of benzene rings is 1. The second-order valence-corrected chi connectivity index (χ2v) is 7.11. The van der Waals surface area contributed by atoms with E-state index in [1.165, 1.54) is 26.4 Å². The van der Waals surface area contributed by atoms with Crippen LogP contribution in [-0.4, -0.2) is 51.1 Å². The van der Waals surface area contributed by atoms with E-state index in [0.29, 0.717) is 12.8 Å². The Balaban J connectivity index is 3.16. The number of nitrogens with zero attached hydrogens (tertiary/aromatic N) is 1. The summed E-state index contributed by atoms with van der Waals surface area (Å²) in [5, 5.41) is 21.5. The molecule has 1 aromatic carbocycles. The molecule has 0 spiro atoms. The van der Waals surface area contributed by atoms with E-state index in [1.807, 2.05) is 6.92 Å². The van der Waals surface area contributed by atoms with Gasteiger partial charge < -0.3 is 14.6 Å². The van der Waals surface area contributed by atoms with Gasteiger partial charge in [0.25, 0.3) is 5.69 Å². The topological polar surface area (TPSA) is 128 Å². The second kappa shape index (κ2) is 9.78. The average molecular weight is 376 g/mol. The van der Waals surface area contributed by atoms with Crippen LogP contribution in [0.1, 0.15) is 26.2 Å². The molecule has 0 aliphatic heterocycles. The molecule has 25 heavy (non-hydrogen) atoms. The summed E-state index contributed by atoms with van der Waals surface area (Å²) in [6, 6.07) is 4.11. The van der Waals surface area contributed by atoms with Crippen LogP contribution in [0.15, 0.2) is 29.2 Å². The minimum Gasteiger partial charge on any atom is -0.386 e. The molecular formula is C15H24N2O7S. The molecule has 0 unspecified atom stereocenters. The lowest BCUT2D eigenvalue weighted by Crippen LogP contribution is -2.49. The summed E-state index contributed by atoms with van der Waals surface area (Å²) in [6.45, 7) is 1.92. The zero-order valence-corrected chi connectivity index (χ0v) is 15.2. The Morgan fingerprint density at radius 1 is 1.28 bits per heavy atom. The van der Waals surface area contributed by atoms with Gasteiger partial charge in [0.05, 0.1) is 11.0 Å². The van der Waals surface area contributed by atoms with Gasteiger partial charge in [-0.25, -0.2) is 13.1 Å². The summed E-state index contributed by atoms with van der Waals surface area (Å²) in [5.74, 6) is 0. The molecule has 0 aliphatic rings. The maximum Gasteiger partial charge on any atom is 0.289 e. The van der Waals surface area contributed by atoms with Crippen LogP contribution in [0.2, 0.25) is 0 Å². The van der Waals surface area contributed by atoms with Gasteiger partial charge in [-0.3, -0.25) is 10.1 Å². The summed E-state index contributed by atoms with van der Waals surface area (Å²) in [4.78, 5) is 9.86. The number of rotatable bonds is 11. The molecule has 10 heteroatoms. The highest BCUT2D eigenvalue weighted by Gasteiger charge is 2.33. The van der Waals surface area contributed by atoms with Gasteiger partial charge in [0.1, 0.15) is 6.10 Å². The zero-order chi connectivity index (χ0) is 19.0. The summed E-state index contributed by atoms with van der Waals surface area (Å²) in [6.07, 6.45) is -0.572. The quantitative estimate of drug-likeness (QED) is 0.339. The Morgan fingerprint density at radius 3 is 2.40 bits per heavy atom. The van der Waals surface area contributed by atoms with Crippen LogP contribution in [0.3, 0.4) is 0 Å². The third-order valence-electron chi connectivity index (χ3n) is 3.68. The molecule has 0 saturated heterocycles. The molecule has 0 heterocycles. The number of para-hydroxylation sites is 1. The van der Waals surface area contributed by atoms with E-state index in [-0.39, 0.29) is 0 Å². The Kier molecular flexibility index (Phi) is 8.39. The first-order valence-corrected chi connectivity index (χ1v) is 9.26. The SMILES string of the molecule is CCCC[C@@H](NS(=O)(=O)c1ccccc1[N+](=O)[O-])[C@H](O)C(OC)OC. The molecule has 1 rings (SSSR count). The Morgan fingerprint density at radius 2 is 1.88 bits per heavy atom. The van der Waals surface area contributed by atoms with Gasteiger partial charge in [0.2, 0.25) is 10.0 Å². The number of unbranched alkanes of at least 4 members (excludes halogenated alkanes) is 1. The molecule has 142 valence electrons. The number of nitro benzene ring substituents is 1. The fourth-order valence-corrected chi connectivity index (χ4v) is 3.84. The molecule has 2 atom stereocenters. The fraction of sp³-hybridized carbons (Fsp3) is 0.600. The molecule has 0 saturated carbocycles. The number of methoxy groups -OCH3 is 2. The fourth-order valence-electron chi connectivity index (χ4n) is 2.39. The van der Waals surface area contributed by atoms with Crippen molar-refractivity contribution >= 4 is 15.7 Å². The van der Waals surface area contributed by atoms with E-state index >= 15 is 0 Å². The number of hydrogen-bond donors (Lipinski definition) is 2. The van der Waals surface area contributed by atoms with Crippen LogP contribution in [0.25, 0.3) is 0 Å². The molecule has 0 bridgehead atoms. The van der Waals surface area contributed by atoms with Crippen LogP contribution in [0.5, 0.6) is 0 Å². The van der Waals surface area contributed by atoms with Gasteiger partial charge in [-0.1, -0.05) is 31.9 Å². The summed E-state index contributed by atoms with van der Waals surface area (Å²) in [7, 11) is -1.57. The van der Waals surface area contributed by atoms with E-state index in [1.54, 1.807) is 0 Å². The Hall–Kier alpha value is -1.59. The van der Waals surface area contributed by atoms with Crippen molar-refractivity contribution < 1.29 is 27.9 Å². The monoisotopic (exact) mass is 376 g/mol. The van der Waals surface area contributed by atoms with Gasteiger partial charge >= 0.3 is 0 Å². The number of sulfonamides is 1. The zero-order valence-electron chi connectivity index (χ0n) is 14.4. The second-order valence-electron chi connectivity index (χ2n) is 5.43. The lowest BCUT2D eigenvalue weighted by molar-refractivity contribution is -0.387. The maximum atomic E-state index is 12.6. The first-order chi connectivity index (χ1) is 11.8. The first-order valence-electron chi connectivity index (χ1n) is 7.77. The van der Waals surface area contributed by atoms with Crippen LogP contribution >= 0.6 is 0 Å². The number of nitrogens with one attached hydrogen (secondary N) is 1. The van der Waals surface area contributed by atoms with E-state index in [9.17, 15) is 23.6 Å². The van der Waals surface area contributed by atoms with E-state index in [2.05, 4.69) is 4.72 Å². The van der Waals surface area contributed by atoms with Crippen molar-refractivity contribution in [1.29, 1.82) is 0 Å². The largest absolute Gasteiger partial charge is 0.386 e. The average Bonchev–Trinajstić information content (AvgIpc) is 2.59. The van der Waals surface area contributed by atoms with Gasteiger partial charge in [-0.15, -0.1) is 0 Å². The molecule has 2 N–H and O–H groups in total. The predicted octanol–water partition coefficient (Wildman–Crippen LogP) is 1.41. The van der Waals surface area contributed by atoms with Crippen LogP contribution in [-0.2, 0) is 19.5 Å². The summed E-state index contributed by atoms with van der Waals surface area (Å²) < 4.78 is 37.6. The molecular weight excluding hydrogens is 352 g/mol. The Labute approximate surface area is 147 Å². The summed E-state index contributed by atoms with van der Waals surface area (Å²) in [5.41, 5.74) is -0.534. The molecule has 9 nitrogen and oxygen atoms in total. The van der Waals surface area contributed by atoms with Crippen LogP contribution in [0, 0.1) is 10.1 Å². The summed E-state index contributed by atoms with van der Waals surface area (Å²) >= 11 is 0. The van der Waals surface area contributed by atoms with Crippen molar-refractivity contribution in [2.45, 2.75) is 49.5 Å². The van der Waals surface area contributed by atoms with E-state index in [0.717, 1.165) is 18.6 Å². The van der Waals surface area contributed by atoms with Crippen molar-refractivity contribution in [3.8, 4) is 0 Å². The third-order valence-corrected chi connectivity index (χ3v) is 5.22. The number of aliphatic hydroxyl groups is 1. The maximum absolute atomic E-state index is 12.6. The van der Waals surface area contributed by atoms with Crippen LogP contribution < -0.4 is 4.72 Å². The van der Waals surface area contributed by atoms with Crippen molar-refractivity contribution in [2.75, 3.05) is 14.2 Å². The molecule has 0 aromatic heterocycles. The van der Waals surface area contributed by atoms with Gasteiger partial charge in [-0.2, -0.15) is 0 Å². The Bertz CT molecular complexity index is 662. The minimum atomic E-state index is -4.22. The number of hydrogen-bond acceptors (Lipinski definition) is 7. The standard InChI is InChI=1S/C15H24N2O7S/c1-4-5-8-11(14(18)15(23-2)24-3)16-25(21,22)13-10-7-6-9-12(13)17(19)20/h6-7,9-11,14-16,18H,4-5,8H2,1-3H3/t11-,14+/m1/s1. The number of nitro groups is 1. The van der Waals surface area contributed by atoms with Crippen molar-refractivity contribution in [3.63, 3.8) is 0 Å². The first kappa shape index (κ1) is 21.5. The highest BCUT2D eigenvalue weighted by atomic mass is 32.2. The van der Waals surface area contributed by atoms with E-state index in [4.69, 9.17) is 9.47 Å². The van der Waals surface area contributed by atoms with Gasteiger partial charge in [0.15, 0.2) is 11.2 Å². The molecule has 0 aliphatic carbocycles. The van der Waals surface area contributed by atoms with Crippen molar-refractivity contribution in [3.05, 3.63) is 34.4 Å². The highest BCUT2D eigenvalue weighted by Crippen LogP contribution is 2.24. The molecule has 0 amide bonds. The lowest BCUT2D eigenvalue weighted by atomic mass is 10.0. The predicted molar refractivity (Wildman–Crippen MR) is 90.5 cm³/mol. The van der Waals surface area contributed by atoms with Crippen LogP contribution in [0.4, 0.5) is 5.69 Å². The number of aliphatic hydroxyl groups excluding tert-OH is 1. The minimum absolute atomic E-state index is 0.320. The van der Waals surface area contributed by atoms with Crippen molar-refractivity contribution in [2.24, 2.45) is 0 Å². The molecule has 1 aromatic rings. The van der Waals surface area contributed by atoms with Crippen molar-refractivity contribution in [1.82, 2.24) is 4.72 Å². The highest BCUT2D eigenvalue weighted by molar-refractivity contribution is 7.89. The number of ether oxygens (including phenoxy) is 2. The molecule has 0 fully saturated rings. The molecule has 0 radical (unpaired) electrons. The lowest BCUT2D eigenvalue weighted by Gasteiger charge is -2.28. The normalized spacial score (nSPS) is 14.4. The third kappa shape index (κ3) is 5.72. The van der Waals surface area contributed by atoms with Gasteiger partial charge in [-0.05, 0) is 12.5 Å². The smallest absolute Gasteiger partial charge is 0.289 e. The van der Waals surface area contributed by atoms with Gasteiger partial charge in [0, 0.05) is 20.3 Å².